The first-order valence-electron chi connectivity index (χ1n) is 9.27. The molecule has 1 atom stereocenters. The van der Waals surface area contributed by atoms with E-state index in [-0.39, 0.29) is 16.2 Å². The fourth-order valence-corrected chi connectivity index (χ4v) is 4.01. The molecule has 150 valence electrons. The first kappa shape index (κ1) is 21.0. The van der Waals surface area contributed by atoms with Crippen molar-refractivity contribution in [3.05, 3.63) is 44.7 Å². The zero-order valence-corrected chi connectivity index (χ0v) is 19.4. The molecule has 3 aromatic rings. The summed E-state index contributed by atoms with van der Waals surface area (Å²) >= 11 is 4.91. The van der Waals surface area contributed by atoms with Gasteiger partial charge in [0.2, 0.25) is 5.89 Å². The SMILES string of the molecule is CC(C)Cn1c(SC(C)c2nc(C(C)(C)C)no2)nc2ccc(Br)cc2c1=O. The van der Waals surface area contributed by atoms with Gasteiger partial charge in [-0.15, -0.1) is 0 Å². The molecule has 3 rings (SSSR count). The summed E-state index contributed by atoms with van der Waals surface area (Å²) in [6.45, 7) is 12.9. The van der Waals surface area contributed by atoms with Gasteiger partial charge in [0.05, 0.1) is 16.2 Å². The largest absolute Gasteiger partial charge is 0.338 e. The Kier molecular flexibility index (Phi) is 6.00. The van der Waals surface area contributed by atoms with Gasteiger partial charge in [-0.1, -0.05) is 67.5 Å². The Labute approximate surface area is 177 Å². The van der Waals surface area contributed by atoms with E-state index in [0.717, 1.165) is 4.47 Å². The van der Waals surface area contributed by atoms with Crippen LogP contribution in [-0.2, 0) is 12.0 Å². The lowest BCUT2D eigenvalue weighted by Gasteiger charge is -2.16. The van der Waals surface area contributed by atoms with Gasteiger partial charge in [-0.05, 0) is 31.0 Å². The minimum atomic E-state index is -0.180. The number of hydrogen-bond donors (Lipinski definition) is 0. The van der Waals surface area contributed by atoms with Crippen LogP contribution in [-0.4, -0.2) is 19.7 Å². The Morgan fingerprint density at radius 3 is 2.54 bits per heavy atom. The molecule has 8 heteroatoms. The quantitative estimate of drug-likeness (QED) is 0.374. The maximum atomic E-state index is 13.1. The predicted octanol–water partition coefficient (Wildman–Crippen LogP) is 5.35. The van der Waals surface area contributed by atoms with Crippen LogP contribution in [0.1, 0.15) is 58.5 Å². The Balaban J connectivity index is 2.02. The van der Waals surface area contributed by atoms with Gasteiger partial charge >= 0.3 is 0 Å². The molecular formula is C20H25BrN4O2S. The molecule has 0 aliphatic heterocycles. The van der Waals surface area contributed by atoms with Gasteiger partial charge in [0.1, 0.15) is 0 Å². The summed E-state index contributed by atoms with van der Waals surface area (Å²) in [5, 5.41) is 5.26. The van der Waals surface area contributed by atoms with Crippen molar-refractivity contribution in [3.8, 4) is 0 Å². The predicted molar refractivity (Wildman–Crippen MR) is 116 cm³/mol. The van der Waals surface area contributed by atoms with Gasteiger partial charge in [0.25, 0.3) is 5.56 Å². The van der Waals surface area contributed by atoms with Crippen molar-refractivity contribution >= 4 is 38.6 Å². The number of benzene rings is 1. The van der Waals surface area contributed by atoms with Gasteiger partial charge in [0, 0.05) is 16.4 Å². The first-order valence-corrected chi connectivity index (χ1v) is 10.9. The first-order chi connectivity index (χ1) is 13.1. The highest BCUT2D eigenvalue weighted by Gasteiger charge is 2.25. The van der Waals surface area contributed by atoms with Crippen LogP contribution in [0, 0.1) is 5.92 Å². The van der Waals surface area contributed by atoms with Crippen LogP contribution in [0.2, 0.25) is 0 Å². The lowest BCUT2D eigenvalue weighted by atomic mass is 9.96. The number of halogens is 1. The van der Waals surface area contributed by atoms with Crippen LogP contribution < -0.4 is 5.56 Å². The third-order valence-electron chi connectivity index (χ3n) is 4.17. The number of rotatable bonds is 5. The molecule has 0 saturated heterocycles. The van der Waals surface area contributed by atoms with E-state index in [1.54, 1.807) is 4.57 Å². The minimum Gasteiger partial charge on any atom is -0.338 e. The molecule has 0 amide bonds. The second kappa shape index (κ2) is 7.99. The Morgan fingerprint density at radius 1 is 1.21 bits per heavy atom. The average molecular weight is 465 g/mol. The Bertz CT molecular complexity index is 1050. The summed E-state index contributed by atoms with van der Waals surface area (Å²) in [5.41, 5.74) is 0.472. The molecule has 0 N–H and O–H groups in total. The van der Waals surface area contributed by atoms with Gasteiger partial charge in [0.15, 0.2) is 11.0 Å². The summed E-state index contributed by atoms with van der Waals surface area (Å²) < 4.78 is 8.09. The van der Waals surface area contributed by atoms with Crippen molar-refractivity contribution in [1.82, 2.24) is 19.7 Å². The van der Waals surface area contributed by atoms with E-state index in [1.165, 1.54) is 11.8 Å². The van der Waals surface area contributed by atoms with Crippen LogP contribution >= 0.6 is 27.7 Å². The normalized spacial score (nSPS) is 13.4. The maximum Gasteiger partial charge on any atom is 0.262 e. The van der Waals surface area contributed by atoms with Gasteiger partial charge < -0.3 is 4.52 Å². The van der Waals surface area contributed by atoms with Crippen LogP contribution in [0.3, 0.4) is 0 Å². The van der Waals surface area contributed by atoms with Crippen molar-refractivity contribution in [3.63, 3.8) is 0 Å². The minimum absolute atomic E-state index is 0.0318. The molecular weight excluding hydrogens is 440 g/mol. The van der Waals surface area contributed by atoms with E-state index in [1.807, 2.05) is 45.9 Å². The van der Waals surface area contributed by atoms with E-state index < -0.39 is 0 Å². The summed E-state index contributed by atoms with van der Waals surface area (Å²) in [6, 6.07) is 5.58. The van der Waals surface area contributed by atoms with Gasteiger partial charge in [-0.3, -0.25) is 9.36 Å². The number of fused-ring (bicyclic) bond motifs is 1. The van der Waals surface area contributed by atoms with Crippen molar-refractivity contribution < 1.29 is 4.52 Å². The van der Waals surface area contributed by atoms with Gasteiger partial charge in [-0.2, -0.15) is 4.98 Å². The average Bonchev–Trinajstić information content (AvgIpc) is 3.09. The smallest absolute Gasteiger partial charge is 0.262 e. The maximum absolute atomic E-state index is 13.1. The second-order valence-corrected chi connectivity index (χ2v) is 10.6. The molecule has 0 aliphatic carbocycles. The molecule has 0 radical (unpaired) electrons. The molecule has 2 heterocycles. The molecule has 0 bridgehead atoms. The van der Waals surface area contributed by atoms with Gasteiger partial charge in [-0.25, -0.2) is 4.98 Å². The number of thioether (sulfide) groups is 1. The summed E-state index contributed by atoms with van der Waals surface area (Å²) in [7, 11) is 0. The monoisotopic (exact) mass is 464 g/mol. The molecule has 1 aromatic carbocycles. The van der Waals surface area contributed by atoms with Crippen LogP contribution in [0.25, 0.3) is 10.9 Å². The Morgan fingerprint density at radius 2 is 1.93 bits per heavy atom. The fourth-order valence-electron chi connectivity index (χ4n) is 2.70. The lowest BCUT2D eigenvalue weighted by Crippen LogP contribution is -2.25. The highest BCUT2D eigenvalue weighted by Crippen LogP contribution is 2.34. The Hall–Kier alpha value is -1.67. The molecule has 1 unspecified atom stereocenters. The summed E-state index contributed by atoms with van der Waals surface area (Å²) in [6.07, 6.45) is 0. The second-order valence-electron chi connectivity index (χ2n) is 8.33. The van der Waals surface area contributed by atoms with Crippen LogP contribution in [0.4, 0.5) is 0 Å². The summed E-state index contributed by atoms with van der Waals surface area (Å²) in [5.74, 6) is 1.52. The number of hydrogen-bond acceptors (Lipinski definition) is 6. The molecule has 0 fully saturated rings. The zero-order valence-electron chi connectivity index (χ0n) is 17.0. The molecule has 6 nitrogen and oxygen atoms in total. The highest BCUT2D eigenvalue weighted by molar-refractivity contribution is 9.10. The van der Waals surface area contributed by atoms with Crippen molar-refractivity contribution in [1.29, 1.82) is 0 Å². The molecule has 28 heavy (non-hydrogen) atoms. The van der Waals surface area contributed by atoms with E-state index in [0.29, 0.717) is 40.2 Å². The van der Waals surface area contributed by atoms with Crippen LogP contribution in [0.5, 0.6) is 0 Å². The van der Waals surface area contributed by atoms with Crippen LogP contribution in [0.15, 0.2) is 37.1 Å². The van der Waals surface area contributed by atoms with Crippen molar-refractivity contribution in [2.75, 3.05) is 0 Å². The fraction of sp³-hybridized carbons (Fsp3) is 0.500. The molecule has 0 saturated carbocycles. The molecule has 0 aliphatic rings. The number of nitrogens with zero attached hydrogens (tertiary/aromatic N) is 4. The standard InChI is InChI=1S/C20H25BrN4O2S/c1-11(2)10-25-17(26)14-9-13(21)7-8-15(14)22-19(25)28-12(3)16-23-18(24-27-16)20(4,5)6/h7-9,11-12H,10H2,1-6H3. The van der Waals surface area contributed by atoms with E-state index in [9.17, 15) is 4.79 Å². The summed E-state index contributed by atoms with van der Waals surface area (Å²) in [4.78, 5) is 22.4. The molecule has 0 spiro atoms. The van der Waals surface area contributed by atoms with Crippen molar-refractivity contribution in [2.24, 2.45) is 5.92 Å². The topological polar surface area (TPSA) is 73.8 Å². The molecule has 2 aromatic heterocycles. The number of aromatic nitrogens is 4. The van der Waals surface area contributed by atoms with Crippen molar-refractivity contribution in [2.45, 2.75) is 63.9 Å². The highest BCUT2D eigenvalue weighted by atomic mass is 79.9. The zero-order chi connectivity index (χ0) is 20.6. The van der Waals surface area contributed by atoms with E-state index in [4.69, 9.17) is 9.51 Å². The lowest BCUT2D eigenvalue weighted by molar-refractivity contribution is 0.364. The van der Waals surface area contributed by atoms with E-state index in [2.05, 4.69) is 39.9 Å². The van der Waals surface area contributed by atoms with E-state index >= 15 is 0 Å². The third-order valence-corrected chi connectivity index (χ3v) is 5.74. The third kappa shape index (κ3) is 4.49.